The Hall–Kier alpha value is -9.28. The minimum Gasteiger partial charge on any atom is -0.811 e. The zero-order chi connectivity index (χ0) is 65.8. The quantitative estimate of drug-likeness (QED) is 0.0377. The molecule has 0 fully saturated rings. The van der Waals surface area contributed by atoms with Gasteiger partial charge < -0.3 is 53.6 Å². The van der Waals surface area contributed by atoms with E-state index >= 15 is 0 Å². The van der Waals surface area contributed by atoms with Gasteiger partial charge in [0.05, 0.1) is 0 Å². The summed E-state index contributed by atoms with van der Waals surface area (Å²) in [4.78, 5) is 0. The molecule has 15 heteroatoms. The van der Waals surface area contributed by atoms with Crippen molar-refractivity contribution in [3.05, 3.63) is 396 Å². The first-order valence-corrected chi connectivity index (χ1v) is 30.2. The summed E-state index contributed by atoms with van der Waals surface area (Å²) >= 11 is 0. The van der Waals surface area contributed by atoms with Gasteiger partial charge in [0.25, 0.3) is 0 Å². The van der Waals surface area contributed by atoms with Gasteiger partial charge in [-0.25, -0.2) is 0 Å². The molecule has 12 rings (SSSR count). The molecular weight excluding hydrogens is 2110 g/mol. The Morgan fingerprint density at radius 3 is 1.13 bits per heavy atom. The molecule has 1 aliphatic rings. The third-order valence-corrected chi connectivity index (χ3v) is 14.5. The number of para-hydroxylation sites is 1. The van der Waals surface area contributed by atoms with E-state index < -0.39 is 0 Å². The van der Waals surface area contributed by atoms with Crippen molar-refractivity contribution in [2.75, 3.05) is 26.6 Å². The van der Waals surface area contributed by atoms with Crippen molar-refractivity contribution in [3.8, 4) is 44.5 Å². The molecule has 509 valence electrons. The molecule has 5 N–H and O–H groups in total. The average Bonchev–Trinajstić information content (AvgIpc) is 1.59. The van der Waals surface area contributed by atoms with Gasteiger partial charge in [-0.1, -0.05) is 248 Å². The van der Waals surface area contributed by atoms with E-state index in [1.807, 2.05) is 194 Å². The van der Waals surface area contributed by atoms with Gasteiger partial charge in [0.15, 0.2) is 0 Å². The minimum atomic E-state index is 0. The number of nitrogens with zero attached hydrogens (tertiary/aromatic N) is 5. The number of fused-ring (bicyclic) bond motifs is 3. The number of benzene rings is 11. The van der Waals surface area contributed by atoms with Gasteiger partial charge >= 0.3 is 0 Å². The topological polar surface area (TPSA) is 172 Å². The SMILES string of the molecule is CC1(C)c2c[c-]c(N/C=C\C=[N-])cc2-c2ccccc21.[Ir].[Ir].[Ir].[Ir].[Ir].[N-]=CC(=CNc1[c-]cc(-c2ccccc2)cc1)c1ccccc1.[N-]=CC(=CNc1[c-]cccc1)c1ccccc1.[N-]=CC=CNc1[c-]cc(-c2ccccc2)cc1.[N-]=CC=CNc1[c-]ccc(-c2ccccc2)c1. The van der Waals surface area contributed by atoms with Crippen LogP contribution in [0.2, 0.25) is 0 Å². The van der Waals surface area contributed by atoms with E-state index in [2.05, 4.69) is 144 Å². The van der Waals surface area contributed by atoms with Crippen molar-refractivity contribution in [3.63, 3.8) is 0 Å². The molecule has 0 saturated carbocycles. The van der Waals surface area contributed by atoms with Crippen molar-refractivity contribution < 1.29 is 101 Å². The molecule has 0 aromatic heterocycles. The van der Waals surface area contributed by atoms with Crippen LogP contribution in [0.1, 0.15) is 36.1 Å². The molecule has 0 unspecified atom stereocenters. The molecule has 0 spiro atoms. The summed E-state index contributed by atoms with van der Waals surface area (Å²) in [7, 11) is 0. The Balaban J connectivity index is 0.000000320. The Kier molecular flexibility index (Phi) is 39.7. The Labute approximate surface area is 651 Å². The largest absolute Gasteiger partial charge is 0.811 e. The summed E-state index contributed by atoms with van der Waals surface area (Å²) in [5.41, 5.74) is 19.8. The van der Waals surface area contributed by atoms with Crippen LogP contribution in [0.5, 0.6) is 0 Å². The summed E-state index contributed by atoms with van der Waals surface area (Å²) in [6.07, 6.45) is 18.2. The molecule has 0 saturated heterocycles. The standard InChI is InChI=1S/C21H16N2.C18H16N2.3C15H12N2.5Ir/c22-15-20(18-9-5-2-6-10-18)16-23-21-13-11-19(12-14-21)17-7-3-1-4-8-17;1-18(2)16-7-4-3-6-14(16)15-12-13(8-9-17(15)18)20-11-5-10-19;16-11-14(13-7-3-1-4-8-13)12-17-15-9-5-2-6-10-15;16-10-5-11-17-15-9-4-8-14(12-15)13-6-2-1-3-7-13;16-11-4-12-17-15-9-7-14(8-10-15)13-5-2-1-3-6-13;;;;;/h1-13,15-16,23H;3-7,9-12,20H,1-2H3;1-9,11-12,17H;1-8,10-12,17H;1-9,11-12,17H;;;;;/q5*-2;;;;;/b;11-5-;;;;;;;;. The number of rotatable bonds is 20. The third-order valence-electron chi connectivity index (χ3n) is 14.5. The molecular formula is C84H68Ir5N10-10. The zero-order valence-electron chi connectivity index (χ0n) is 53.8. The summed E-state index contributed by atoms with van der Waals surface area (Å²) in [6, 6.07) is 104. The molecule has 5 radical (unpaired) electrons. The van der Waals surface area contributed by atoms with Crippen LogP contribution in [0.4, 0.5) is 28.4 Å². The minimum absolute atomic E-state index is 0. The van der Waals surface area contributed by atoms with E-state index in [0.717, 1.165) is 92.9 Å². The van der Waals surface area contributed by atoms with Crippen molar-refractivity contribution in [2.45, 2.75) is 19.3 Å². The second-order valence-corrected chi connectivity index (χ2v) is 21.1. The average molecular weight is 2180 g/mol. The fourth-order valence-corrected chi connectivity index (χ4v) is 9.72. The summed E-state index contributed by atoms with van der Waals surface area (Å²) < 4.78 is 0. The maximum atomic E-state index is 9.41. The fourth-order valence-electron chi connectivity index (χ4n) is 9.72. The van der Waals surface area contributed by atoms with Gasteiger partial charge in [-0.05, 0) is 63.0 Å². The maximum absolute atomic E-state index is 9.41. The van der Waals surface area contributed by atoms with Crippen molar-refractivity contribution in [1.82, 2.24) is 0 Å². The van der Waals surface area contributed by atoms with Crippen LogP contribution in [0.25, 0.3) is 82.7 Å². The second-order valence-electron chi connectivity index (χ2n) is 21.1. The molecule has 0 heterocycles. The molecule has 1 aliphatic carbocycles. The van der Waals surface area contributed by atoms with E-state index in [4.69, 9.17) is 16.2 Å². The zero-order valence-corrected chi connectivity index (χ0v) is 65.8. The molecule has 10 nitrogen and oxygen atoms in total. The van der Waals surface area contributed by atoms with Crippen molar-refractivity contribution in [1.29, 1.82) is 0 Å². The van der Waals surface area contributed by atoms with Crippen LogP contribution in [-0.4, -0.2) is 31.1 Å². The van der Waals surface area contributed by atoms with Crippen LogP contribution in [0.3, 0.4) is 0 Å². The molecule has 99 heavy (non-hydrogen) atoms. The van der Waals surface area contributed by atoms with Crippen molar-refractivity contribution >= 4 is 70.7 Å². The van der Waals surface area contributed by atoms with E-state index in [0.29, 0.717) is 5.57 Å². The normalized spacial score (nSPS) is 11.0. The van der Waals surface area contributed by atoms with Gasteiger partial charge in [0.1, 0.15) is 0 Å². The van der Waals surface area contributed by atoms with Crippen molar-refractivity contribution in [2.24, 2.45) is 0 Å². The summed E-state index contributed by atoms with van der Waals surface area (Å²) in [6.45, 7) is 4.50. The number of hydrogen-bond donors (Lipinski definition) is 5. The summed E-state index contributed by atoms with van der Waals surface area (Å²) in [5.74, 6) is 0. The number of nitrogens with one attached hydrogen (secondary N) is 5. The van der Waals surface area contributed by atoms with Gasteiger partial charge in [0, 0.05) is 113 Å². The smallest absolute Gasteiger partial charge is 0.00513 e. The van der Waals surface area contributed by atoms with Gasteiger partial charge in [-0.2, -0.15) is 122 Å². The van der Waals surface area contributed by atoms with Crippen LogP contribution in [0.15, 0.2) is 316 Å². The first kappa shape index (κ1) is 83.9. The van der Waals surface area contributed by atoms with Crippen LogP contribution in [0, 0.1) is 30.3 Å². The van der Waals surface area contributed by atoms with Gasteiger partial charge in [-0.15, -0.1) is 58.1 Å². The third kappa shape index (κ3) is 26.8. The maximum Gasteiger partial charge on any atom is 0.00513 e. The first-order chi connectivity index (χ1) is 46.2. The second kappa shape index (κ2) is 46.8. The molecule has 0 amide bonds. The van der Waals surface area contributed by atoms with Crippen LogP contribution in [-0.2, 0) is 106 Å². The number of allylic oxidation sites excluding steroid dienone is 5. The number of anilines is 5. The molecule has 0 aliphatic heterocycles. The van der Waals surface area contributed by atoms with E-state index in [1.165, 1.54) is 51.1 Å². The Morgan fingerprint density at radius 2 is 0.697 bits per heavy atom. The predicted molar refractivity (Wildman–Crippen MR) is 402 cm³/mol. The van der Waals surface area contributed by atoms with E-state index in [-0.39, 0.29) is 106 Å². The summed E-state index contributed by atoms with van der Waals surface area (Å²) in [5, 5.41) is 59.6. The molecule has 0 atom stereocenters. The Morgan fingerprint density at radius 1 is 0.313 bits per heavy atom. The van der Waals surface area contributed by atoms with Crippen LogP contribution < -0.4 is 26.6 Å². The predicted octanol–water partition coefficient (Wildman–Crippen LogP) is 20.6. The van der Waals surface area contributed by atoms with Gasteiger partial charge in [-0.3, -0.25) is 0 Å². The fraction of sp³-hybridized carbons (Fsp3) is 0.0357. The van der Waals surface area contributed by atoms with Gasteiger partial charge in [0.2, 0.25) is 0 Å². The van der Waals surface area contributed by atoms with E-state index in [9.17, 15) is 10.8 Å². The monoisotopic (exact) mass is 2180 g/mol. The molecule has 11 aromatic carbocycles. The molecule has 0 bridgehead atoms. The first-order valence-electron chi connectivity index (χ1n) is 30.2. The van der Waals surface area contributed by atoms with E-state index in [1.54, 1.807) is 37.1 Å². The number of hydrogen-bond acceptors (Lipinski definition) is 5. The molecule has 11 aromatic rings. The van der Waals surface area contributed by atoms with Crippen LogP contribution >= 0.6 is 0 Å². The Bertz CT molecular complexity index is 4320.